The van der Waals surface area contributed by atoms with Crippen molar-refractivity contribution in [1.82, 2.24) is 15.2 Å². The van der Waals surface area contributed by atoms with Crippen LogP contribution in [-0.4, -0.2) is 35.5 Å². The average Bonchev–Trinajstić information content (AvgIpc) is 3.04. The summed E-state index contributed by atoms with van der Waals surface area (Å²) >= 11 is 0. The number of ether oxygens (including phenoxy) is 1. The smallest absolute Gasteiger partial charge is 0.210 e. The summed E-state index contributed by atoms with van der Waals surface area (Å²) in [6.45, 7) is 1.36. The molecule has 17 heavy (non-hydrogen) atoms. The summed E-state index contributed by atoms with van der Waals surface area (Å²) in [5.41, 5.74) is 3.41. The van der Waals surface area contributed by atoms with Crippen molar-refractivity contribution in [3.8, 4) is 0 Å². The highest BCUT2D eigenvalue weighted by Gasteiger charge is 2.21. The van der Waals surface area contributed by atoms with Crippen LogP contribution in [-0.2, 0) is 11.3 Å². The number of methoxy groups -OCH3 is 1. The predicted molar refractivity (Wildman–Crippen MR) is 65.5 cm³/mol. The molecule has 1 saturated carbocycles. The Hall–Kier alpha value is -1.60. The molecule has 1 aliphatic rings. The molecule has 1 fully saturated rings. The van der Waals surface area contributed by atoms with Crippen molar-refractivity contribution in [3.05, 3.63) is 12.4 Å². The monoisotopic (exact) mass is 238 g/mol. The number of hydrazine groups is 1. The zero-order valence-electron chi connectivity index (χ0n) is 9.89. The van der Waals surface area contributed by atoms with Gasteiger partial charge < -0.3 is 10.1 Å². The normalized spacial score (nSPS) is 16.0. The largest absolute Gasteiger partial charge is 0.383 e. The summed E-state index contributed by atoms with van der Waals surface area (Å²) in [4.78, 5) is 4.38. The summed E-state index contributed by atoms with van der Waals surface area (Å²) in [6.07, 6.45) is 5.90. The van der Waals surface area contributed by atoms with Crippen LogP contribution in [0.25, 0.3) is 0 Å². The van der Waals surface area contributed by atoms with Crippen LogP contribution in [0.3, 0.4) is 0 Å². The third-order valence-electron chi connectivity index (χ3n) is 2.42. The van der Waals surface area contributed by atoms with E-state index >= 15 is 0 Å². The molecule has 0 saturated heterocycles. The van der Waals surface area contributed by atoms with Crippen molar-refractivity contribution in [3.63, 3.8) is 0 Å². The van der Waals surface area contributed by atoms with Crippen molar-refractivity contribution < 1.29 is 4.74 Å². The van der Waals surface area contributed by atoms with Gasteiger partial charge in [-0.25, -0.2) is 10.8 Å². The topological polar surface area (TPSA) is 89.5 Å². The Morgan fingerprint density at radius 2 is 2.53 bits per heavy atom. The quantitative estimate of drug-likeness (QED) is 0.289. The Kier molecular flexibility index (Phi) is 3.94. The van der Waals surface area contributed by atoms with Crippen LogP contribution in [0.1, 0.15) is 12.8 Å². The van der Waals surface area contributed by atoms with Gasteiger partial charge in [-0.05, 0) is 12.8 Å². The number of guanidine groups is 1. The van der Waals surface area contributed by atoms with Crippen LogP contribution in [0.5, 0.6) is 0 Å². The first-order valence-electron chi connectivity index (χ1n) is 5.64. The number of nitrogens with zero attached hydrogens (tertiary/aromatic N) is 3. The molecule has 4 N–H and O–H groups in total. The second kappa shape index (κ2) is 5.65. The Morgan fingerprint density at radius 3 is 3.18 bits per heavy atom. The standard InChI is InChI=1S/C10H18N6O/c1-17-5-4-16-7-9(6-12-16)14-10(15-11)13-8-2-3-8/h6-8H,2-5,11H2,1H3,(H2,13,14,15). The lowest BCUT2D eigenvalue weighted by molar-refractivity contribution is 0.183. The Bertz CT molecular complexity index is 384. The highest BCUT2D eigenvalue weighted by Crippen LogP contribution is 2.23. The molecule has 0 amide bonds. The van der Waals surface area contributed by atoms with Crippen LogP contribution < -0.4 is 16.6 Å². The molecule has 7 heteroatoms. The minimum absolute atomic E-state index is 0.414. The highest BCUT2D eigenvalue weighted by atomic mass is 16.5. The molecule has 0 radical (unpaired) electrons. The fraction of sp³-hybridized carbons (Fsp3) is 0.600. The van der Waals surface area contributed by atoms with Crippen LogP contribution in [0.15, 0.2) is 17.4 Å². The Labute approximate surface area is 100 Å². The van der Waals surface area contributed by atoms with Gasteiger partial charge in [0.1, 0.15) is 0 Å². The number of aliphatic imine (C=N–C) groups is 1. The van der Waals surface area contributed by atoms with Gasteiger partial charge in [-0.15, -0.1) is 0 Å². The molecule has 1 aromatic heterocycles. The van der Waals surface area contributed by atoms with Gasteiger partial charge in [0.15, 0.2) is 0 Å². The highest BCUT2D eigenvalue weighted by molar-refractivity contribution is 5.93. The number of rotatable bonds is 5. The van der Waals surface area contributed by atoms with E-state index in [9.17, 15) is 0 Å². The van der Waals surface area contributed by atoms with E-state index in [0.29, 0.717) is 18.6 Å². The predicted octanol–water partition coefficient (Wildman–Crippen LogP) is -0.0769. The van der Waals surface area contributed by atoms with Gasteiger partial charge in [0.05, 0.1) is 31.1 Å². The second-order valence-electron chi connectivity index (χ2n) is 3.96. The lowest BCUT2D eigenvalue weighted by Crippen LogP contribution is -2.36. The fourth-order valence-electron chi connectivity index (χ4n) is 1.36. The van der Waals surface area contributed by atoms with Crippen molar-refractivity contribution >= 4 is 11.6 Å². The third-order valence-corrected chi connectivity index (χ3v) is 2.42. The maximum atomic E-state index is 5.39. The number of hydrogen-bond donors (Lipinski definition) is 3. The number of nitrogens with one attached hydrogen (secondary N) is 2. The number of anilines is 1. The average molecular weight is 238 g/mol. The van der Waals surface area contributed by atoms with E-state index in [-0.39, 0.29) is 0 Å². The molecule has 0 unspecified atom stereocenters. The summed E-state index contributed by atoms with van der Waals surface area (Å²) in [6, 6.07) is 0.414. The fourth-order valence-corrected chi connectivity index (χ4v) is 1.36. The van der Waals surface area contributed by atoms with Crippen LogP contribution >= 0.6 is 0 Å². The van der Waals surface area contributed by atoms with Crippen LogP contribution in [0.2, 0.25) is 0 Å². The first kappa shape index (κ1) is 11.9. The molecular weight excluding hydrogens is 220 g/mol. The van der Waals surface area contributed by atoms with Crippen molar-refractivity contribution in [1.29, 1.82) is 0 Å². The van der Waals surface area contributed by atoms with E-state index in [2.05, 4.69) is 20.8 Å². The van der Waals surface area contributed by atoms with Crippen molar-refractivity contribution in [2.24, 2.45) is 10.8 Å². The molecule has 0 bridgehead atoms. The van der Waals surface area contributed by atoms with E-state index in [4.69, 9.17) is 10.6 Å². The molecule has 94 valence electrons. The van der Waals surface area contributed by atoms with Crippen molar-refractivity contribution in [2.75, 3.05) is 19.0 Å². The minimum atomic E-state index is 0.414. The summed E-state index contributed by atoms with van der Waals surface area (Å²) in [5.74, 6) is 5.98. The van der Waals surface area contributed by atoms with E-state index in [1.165, 1.54) is 0 Å². The van der Waals surface area contributed by atoms with Crippen molar-refractivity contribution in [2.45, 2.75) is 25.4 Å². The lowest BCUT2D eigenvalue weighted by Gasteiger charge is -2.06. The first-order valence-corrected chi connectivity index (χ1v) is 5.64. The molecular formula is C10H18N6O. The number of hydrogen-bond acceptors (Lipinski definition) is 4. The van der Waals surface area contributed by atoms with Gasteiger partial charge in [-0.1, -0.05) is 0 Å². The minimum Gasteiger partial charge on any atom is -0.383 e. The van der Waals surface area contributed by atoms with Crippen LogP contribution in [0.4, 0.5) is 5.69 Å². The third kappa shape index (κ3) is 3.72. The zero-order chi connectivity index (χ0) is 12.1. The van der Waals surface area contributed by atoms with Gasteiger partial charge in [0, 0.05) is 13.3 Å². The number of nitrogens with two attached hydrogens (primary N) is 1. The molecule has 7 nitrogen and oxygen atoms in total. The van der Waals surface area contributed by atoms with E-state index < -0.39 is 0 Å². The Morgan fingerprint density at radius 1 is 1.71 bits per heavy atom. The molecule has 0 aliphatic heterocycles. The van der Waals surface area contributed by atoms with Gasteiger partial charge >= 0.3 is 0 Å². The Balaban J connectivity index is 1.90. The van der Waals surface area contributed by atoms with Crippen LogP contribution in [0, 0.1) is 0 Å². The summed E-state index contributed by atoms with van der Waals surface area (Å²) < 4.78 is 6.78. The molecule has 0 spiro atoms. The van der Waals surface area contributed by atoms with E-state index in [1.54, 1.807) is 18.0 Å². The maximum Gasteiger partial charge on any atom is 0.210 e. The van der Waals surface area contributed by atoms with Gasteiger partial charge in [0.25, 0.3) is 0 Å². The summed E-state index contributed by atoms with van der Waals surface area (Å²) in [7, 11) is 1.67. The SMILES string of the molecule is COCCn1cc(NC(=NC2CC2)NN)cn1. The summed E-state index contributed by atoms with van der Waals surface area (Å²) in [5, 5.41) is 7.27. The zero-order valence-corrected chi connectivity index (χ0v) is 9.89. The van der Waals surface area contributed by atoms with E-state index in [1.807, 2.05) is 6.20 Å². The molecule has 2 rings (SSSR count). The van der Waals surface area contributed by atoms with Gasteiger partial charge in [-0.3, -0.25) is 10.1 Å². The number of aromatic nitrogens is 2. The maximum absolute atomic E-state index is 5.39. The first-order chi connectivity index (χ1) is 8.31. The lowest BCUT2D eigenvalue weighted by atomic mass is 10.5. The molecule has 1 aromatic rings. The molecule has 0 atom stereocenters. The molecule has 0 aromatic carbocycles. The van der Waals surface area contributed by atoms with Gasteiger partial charge in [-0.2, -0.15) is 5.10 Å². The van der Waals surface area contributed by atoms with Gasteiger partial charge in [0.2, 0.25) is 5.96 Å². The molecule has 1 heterocycles. The second-order valence-corrected chi connectivity index (χ2v) is 3.96. The molecule has 1 aliphatic carbocycles. The van der Waals surface area contributed by atoms with E-state index in [0.717, 1.165) is 25.1 Å².